The number of carboxylic acids is 1. The highest BCUT2D eigenvalue weighted by Gasteiger charge is 2.29. The molecule has 0 fully saturated rings. The second kappa shape index (κ2) is 12.4. The van der Waals surface area contributed by atoms with Crippen LogP contribution in [0.25, 0.3) is 11.3 Å². The van der Waals surface area contributed by atoms with Gasteiger partial charge in [0.05, 0.1) is 6.42 Å². The topological polar surface area (TPSA) is 148 Å². The van der Waals surface area contributed by atoms with Gasteiger partial charge in [0.25, 0.3) is 5.91 Å². The van der Waals surface area contributed by atoms with E-state index in [1.54, 1.807) is 24.3 Å². The lowest BCUT2D eigenvalue weighted by Gasteiger charge is -2.19. The molecule has 39 heavy (non-hydrogen) atoms. The summed E-state index contributed by atoms with van der Waals surface area (Å²) in [4.78, 5) is 48.7. The number of ketones is 1. The molecule has 2 aromatic carbocycles. The zero-order valence-corrected chi connectivity index (χ0v) is 20.5. The normalized spacial score (nSPS) is 12.4. The van der Waals surface area contributed by atoms with Gasteiger partial charge in [-0.25, -0.2) is 8.78 Å². The molecule has 0 saturated heterocycles. The molecule has 0 unspecified atom stereocenters. The number of halogens is 5. The third-order valence-electron chi connectivity index (χ3n) is 5.13. The zero-order chi connectivity index (χ0) is 28.9. The average Bonchev–Trinajstić information content (AvgIpc) is 3.37. The number of carboxylic acid groups (broad SMARTS) is 1. The summed E-state index contributed by atoms with van der Waals surface area (Å²) in [5.74, 6) is -13.3. The molecule has 10 nitrogen and oxygen atoms in total. The molecule has 2 atom stereocenters. The molecule has 0 aliphatic rings. The summed E-state index contributed by atoms with van der Waals surface area (Å²) in [6.07, 6.45) is -0.981. The molecule has 0 saturated carbocycles. The Hall–Kier alpha value is -4.46. The summed E-state index contributed by atoms with van der Waals surface area (Å²) in [7, 11) is 0. The van der Waals surface area contributed by atoms with Crippen molar-refractivity contribution in [1.29, 1.82) is 0 Å². The van der Waals surface area contributed by atoms with Gasteiger partial charge in [-0.3, -0.25) is 19.2 Å². The van der Waals surface area contributed by atoms with E-state index in [0.29, 0.717) is 10.6 Å². The second-order valence-corrected chi connectivity index (χ2v) is 8.43. The SMILES string of the molecule is C[C@H](NC(=O)c1cc(-c2ccc(Cl)cc2)on1)C(=O)N[C@@H](CC(=O)O)C(=O)COc1c(F)c(F)cc(F)c1F. The number of hydrogen-bond donors (Lipinski definition) is 3. The summed E-state index contributed by atoms with van der Waals surface area (Å²) in [6.45, 7) is -0.0331. The molecule has 15 heteroatoms. The molecule has 0 aliphatic heterocycles. The van der Waals surface area contributed by atoms with Gasteiger partial charge in [-0.2, -0.15) is 8.78 Å². The number of benzene rings is 2. The van der Waals surface area contributed by atoms with E-state index in [4.69, 9.17) is 21.2 Å². The average molecular weight is 572 g/mol. The predicted molar refractivity (Wildman–Crippen MR) is 125 cm³/mol. The second-order valence-electron chi connectivity index (χ2n) is 7.99. The molecule has 206 valence electrons. The van der Waals surface area contributed by atoms with E-state index < -0.39 is 77.7 Å². The minimum Gasteiger partial charge on any atom is -0.481 e. The number of aliphatic carboxylic acids is 1. The highest BCUT2D eigenvalue weighted by Crippen LogP contribution is 2.26. The number of amides is 2. The first-order valence-corrected chi connectivity index (χ1v) is 11.3. The van der Waals surface area contributed by atoms with Gasteiger partial charge in [0.2, 0.25) is 17.5 Å². The van der Waals surface area contributed by atoms with E-state index in [0.717, 1.165) is 0 Å². The van der Waals surface area contributed by atoms with Crippen molar-refractivity contribution in [3.63, 3.8) is 0 Å². The van der Waals surface area contributed by atoms with Crippen LogP contribution >= 0.6 is 11.6 Å². The lowest BCUT2D eigenvalue weighted by molar-refractivity contribution is -0.140. The van der Waals surface area contributed by atoms with Crippen LogP contribution in [-0.2, 0) is 14.4 Å². The Bertz CT molecular complexity index is 1390. The minimum atomic E-state index is -1.91. The fourth-order valence-corrected chi connectivity index (χ4v) is 3.23. The first-order chi connectivity index (χ1) is 18.4. The number of ether oxygens (including phenoxy) is 1. The van der Waals surface area contributed by atoms with E-state index >= 15 is 0 Å². The highest BCUT2D eigenvalue weighted by atomic mass is 35.5. The molecular formula is C24H18ClF4N3O7. The smallest absolute Gasteiger partial charge is 0.305 e. The Labute approximate surface area is 221 Å². The van der Waals surface area contributed by atoms with Crippen LogP contribution in [-0.4, -0.2) is 52.5 Å². The maximum Gasteiger partial charge on any atom is 0.305 e. The first-order valence-electron chi connectivity index (χ1n) is 10.9. The number of nitrogens with one attached hydrogen (secondary N) is 2. The molecule has 0 bridgehead atoms. The van der Waals surface area contributed by atoms with Gasteiger partial charge in [0, 0.05) is 22.7 Å². The number of nitrogens with zero attached hydrogens (tertiary/aromatic N) is 1. The third-order valence-corrected chi connectivity index (χ3v) is 5.38. The number of aromatic nitrogens is 1. The number of Topliss-reactive ketones (excluding diaryl/α,β-unsaturated/α-hetero) is 1. The van der Waals surface area contributed by atoms with Crippen molar-refractivity contribution in [1.82, 2.24) is 15.8 Å². The van der Waals surface area contributed by atoms with Gasteiger partial charge < -0.3 is 25.0 Å². The van der Waals surface area contributed by atoms with Crippen molar-refractivity contribution in [3.05, 3.63) is 70.4 Å². The molecule has 3 N–H and O–H groups in total. The van der Waals surface area contributed by atoms with Crippen LogP contribution in [0.5, 0.6) is 5.75 Å². The van der Waals surface area contributed by atoms with Gasteiger partial charge in [0.15, 0.2) is 34.6 Å². The zero-order valence-electron chi connectivity index (χ0n) is 19.8. The molecule has 1 aromatic heterocycles. The molecule has 3 aromatic rings. The number of carbonyl (C=O) groups is 4. The fraction of sp³-hybridized carbons (Fsp3) is 0.208. The van der Waals surface area contributed by atoms with E-state index in [1.165, 1.54) is 13.0 Å². The maximum atomic E-state index is 13.8. The van der Waals surface area contributed by atoms with Crippen LogP contribution in [0, 0.1) is 23.3 Å². The molecule has 3 rings (SSSR count). The van der Waals surface area contributed by atoms with Gasteiger partial charge >= 0.3 is 5.97 Å². The summed E-state index contributed by atoms with van der Waals surface area (Å²) in [5, 5.41) is 17.5. The van der Waals surface area contributed by atoms with Crippen molar-refractivity contribution < 1.29 is 51.1 Å². The van der Waals surface area contributed by atoms with Gasteiger partial charge in [-0.05, 0) is 31.2 Å². The molecule has 0 spiro atoms. The van der Waals surface area contributed by atoms with E-state index in [9.17, 15) is 36.7 Å². The minimum absolute atomic E-state index is 0.0694. The Kier molecular flexibility index (Phi) is 9.24. The van der Waals surface area contributed by atoms with Crippen LogP contribution in [0.15, 0.2) is 40.9 Å². The first kappa shape index (κ1) is 29.1. The molecule has 0 radical (unpaired) electrons. The quantitative estimate of drug-likeness (QED) is 0.235. The van der Waals surface area contributed by atoms with Gasteiger partial charge in [-0.15, -0.1) is 0 Å². The molecule has 1 heterocycles. The maximum absolute atomic E-state index is 13.8. The number of carbonyl (C=O) groups excluding carboxylic acids is 3. The monoisotopic (exact) mass is 571 g/mol. The van der Waals surface area contributed by atoms with Crippen molar-refractivity contribution >= 4 is 35.2 Å². The van der Waals surface area contributed by atoms with Gasteiger partial charge in [-0.1, -0.05) is 16.8 Å². The standard InChI is InChI=1S/C24H18ClF4N3O7/c1-10(30-24(37)16-7-18(39-32-16)11-2-4-12(25)5-3-11)23(36)31-15(8-19(34)35)17(33)9-38-22-20(28)13(26)6-14(27)21(22)29/h2-7,10,15H,8-9H2,1H3,(H,30,37)(H,31,36)(H,34,35)/t10-,15-/m0/s1. The lowest BCUT2D eigenvalue weighted by atomic mass is 10.1. The van der Waals surface area contributed by atoms with Crippen LogP contribution in [0.4, 0.5) is 17.6 Å². The van der Waals surface area contributed by atoms with Crippen molar-refractivity contribution in [2.24, 2.45) is 0 Å². The number of hydrogen-bond acceptors (Lipinski definition) is 7. The van der Waals surface area contributed by atoms with Crippen molar-refractivity contribution in [2.75, 3.05) is 6.61 Å². The molecule has 0 aliphatic carbocycles. The van der Waals surface area contributed by atoms with Crippen LogP contribution < -0.4 is 15.4 Å². The summed E-state index contributed by atoms with van der Waals surface area (Å²) in [6, 6.07) is 4.54. The van der Waals surface area contributed by atoms with E-state index in [2.05, 4.69) is 20.5 Å². The van der Waals surface area contributed by atoms with Crippen LogP contribution in [0.2, 0.25) is 5.02 Å². The third kappa shape index (κ3) is 7.31. The largest absolute Gasteiger partial charge is 0.481 e. The Morgan fingerprint density at radius 3 is 2.23 bits per heavy atom. The van der Waals surface area contributed by atoms with E-state index in [-0.39, 0.29) is 17.5 Å². The molecule has 2 amide bonds. The lowest BCUT2D eigenvalue weighted by Crippen LogP contribution is -2.51. The summed E-state index contributed by atoms with van der Waals surface area (Å²) >= 11 is 5.83. The summed E-state index contributed by atoms with van der Waals surface area (Å²) in [5.41, 5.74) is 0.368. The Morgan fingerprint density at radius 1 is 1.03 bits per heavy atom. The Balaban J connectivity index is 1.63. The highest BCUT2D eigenvalue weighted by molar-refractivity contribution is 6.30. The summed E-state index contributed by atoms with van der Waals surface area (Å²) < 4.78 is 63.8. The molecular weight excluding hydrogens is 554 g/mol. The van der Waals surface area contributed by atoms with Crippen LogP contribution in [0.1, 0.15) is 23.8 Å². The predicted octanol–water partition coefficient (Wildman–Crippen LogP) is 3.28. The van der Waals surface area contributed by atoms with Crippen LogP contribution in [0.3, 0.4) is 0 Å². The van der Waals surface area contributed by atoms with Crippen molar-refractivity contribution in [3.8, 4) is 17.1 Å². The fourth-order valence-electron chi connectivity index (χ4n) is 3.11. The van der Waals surface area contributed by atoms with Gasteiger partial charge in [0.1, 0.15) is 18.7 Å². The Morgan fingerprint density at radius 2 is 1.64 bits per heavy atom. The number of rotatable bonds is 11. The van der Waals surface area contributed by atoms with E-state index in [1.807, 2.05) is 0 Å². The van der Waals surface area contributed by atoms with Crippen molar-refractivity contribution in [2.45, 2.75) is 25.4 Å².